The molecule has 1 aliphatic heterocycles. The summed E-state index contributed by atoms with van der Waals surface area (Å²) in [4.78, 5) is 43.0. The average molecular weight is 482 g/mol. The Labute approximate surface area is 211 Å². The van der Waals surface area contributed by atoms with Crippen molar-refractivity contribution in [3.63, 3.8) is 0 Å². The lowest BCUT2D eigenvalue weighted by Gasteiger charge is -2.41. The maximum Gasteiger partial charge on any atom is 0.250 e. The van der Waals surface area contributed by atoms with E-state index in [0.717, 1.165) is 57.8 Å². The van der Waals surface area contributed by atoms with E-state index in [1.54, 1.807) is 22.2 Å². The van der Waals surface area contributed by atoms with Gasteiger partial charge in [-0.2, -0.15) is 0 Å². The summed E-state index contributed by atoms with van der Waals surface area (Å²) in [6.07, 6.45) is 13.5. The minimum Gasteiger partial charge on any atom is -0.344 e. The zero-order valence-electron chi connectivity index (χ0n) is 21.7. The molecule has 3 amide bonds. The second kappa shape index (κ2) is 13.5. The van der Waals surface area contributed by atoms with Gasteiger partial charge in [0.25, 0.3) is 0 Å². The number of nitrogens with zero attached hydrogens (tertiary/aromatic N) is 2. The Bertz CT molecular complexity index is 863. The van der Waals surface area contributed by atoms with Gasteiger partial charge >= 0.3 is 0 Å². The maximum absolute atomic E-state index is 13.9. The number of aryl methyl sites for hydroxylation is 1. The summed E-state index contributed by atoms with van der Waals surface area (Å²) in [5, 5.41) is 2.94. The van der Waals surface area contributed by atoms with Crippen LogP contribution in [-0.2, 0) is 20.8 Å². The van der Waals surface area contributed by atoms with Crippen LogP contribution >= 0.6 is 0 Å². The molecule has 3 atom stereocenters. The number of hydrogen-bond acceptors (Lipinski definition) is 3. The van der Waals surface area contributed by atoms with E-state index >= 15 is 0 Å². The fourth-order valence-electron chi connectivity index (χ4n) is 5.53. The van der Waals surface area contributed by atoms with Crippen LogP contribution in [0.1, 0.15) is 84.1 Å². The third-order valence-electron chi connectivity index (χ3n) is 7.50. The number of nitrogens with one attached hydrogen (secondary N) is 1. The van der Waals surface area contributed by atoms with Gasteiger partial charge in [0, 0.05) is 25.9 Å². The minimum atomic E-state index is -0.573. The van der Waals surface area contributed by atoms with Crippen LogP contribution in [0.3, 0.4) is 0 Å². The van der Waals surface area contributed by atoms with Gasteiger partial charge in [-0.25, -0.2) is 0 Å². The zero-order chi connectivity index (χ0) is 25.2. The van der Waals surface area contributed by atoms with Crippen molar-refractivity contribution in [1.82, 2.24) is 15.1 Å². The molecule has 1 aromatic rings. The largest absolute Gasteiger partial charge is 0.344 e. The standard InChI is InChI=1S/C29H43N3O3/c1-4-5-13-22(2)27-29(35)31(19-12-16-24-14-8-6-9-15-24)20-21-32(27)28(34)26(30-23(3)33)25-17-10-7-11-18-25/h6,8-9,14-15,20-22,25-27H,4-5,7,10-13,16-19H2,1-3H3,(H,30,33)/t22-,26+,27+/m0/s1. The molecule has 35 heavy (non-hydrogen) atoms. The number of rotatable bonds is 11. The van der Waals surface area contributed by atoms with E-state index in [1.165, 1.54) is 18.9 Å². The van der Waals surface area contributed by atoms with Gasteiger partial charge in [0.15, 0.2) is 0 Å². The highest BCUT2D eigenvalue weighted by atomic mass is 16.2. The van der Waals surface area contributed by atoms with E-state index < -0.39 is 12.1 Å². The summed E-state index contributed by atoms with van der Waals surface area (Å²) >= 11 is 0. The Hall–Kier alpha value is -2.63. The molecule has 0 spiro atoms. The molecule has 1 aromatic carbocycles. The SMILES string of the molecule is CCCC[C@H](C)[C@@H]1C(=O)N(CCCc2ccccc2)C=CN1C(=O)[C@H](NC(C)=O)C1CCCCC1. The number of amides is 3. The number of hydrogen-bond donors (Lipinski definition) is 1. The van der Waals surface area contributed by atoms with E-state index in [0.29, 0.717) is 6.54 Å². The summed E-state index contributed by atoms with van der Waals surface area (Å²) in [5.74, 6) is -0.187. The first kappa shape index (κ1) is 27.0. The lowest BCUT2D eigenvalue weighted by Crippen LogP contribution is -2.59. The van der Waals surface area contributed by atoms with Crippen molar-refractivity contribution in [2.45, 2.75) is 97.1 Å². The van der Waals surface area contributed by atoms with Crippen molar-refractivity contribution in [3.8, 4) is 0 Å². The normalized spacial score (nSPS) is 20.5. The first-order valence-corrected chi connectivity index (χ1v) is 13.5. The van der Waals surface area contributed by atoms with Gasteiger partial charge < -0.3 is 15.1 Å². The van der Waals surface area contributed by atoms with E-state index in [1.807, 2.05) is 18.2 Å². The Morgan fingerprint density at radius 2 is 1.77 bits per heavy atom. The van der Waals surface area contributed by atoms with Gasteiger partial charge in [0.1, 0.15) is 12.1 Å². The second-order valence-electron chi connectivity index (χ2n) is 10.3. The predicted octanol–water partition coefficient (Wildman–Crippen LogP) is 5.04. The van der Waals surface area contributed by atoms with Crippen LogP contribution < -0.4 is 5.32 Å². The van der Waals surface area contributed by atoms with Gasteiger partial charge in [0.2, 0.25) is 17.7 Å². The molecular formula is C29H43N3O3. The van der Waals surface area contributed by atoms with E-state index in [4.69, 9.17) is 0 Å². The summed E-state index contributed by atoms with van der Waals surface area (Å²) in [5.41, 5.74) is 1.26. The highest BCUT2D eigenvalue weighted by molar-refractivity contribution is 5.94. The summed E-state index contributed by atoms with van der Waals surface area (Å²) in [6.45, 7) is 6.31. The molecule has 6 nitrogen and oxygen atoms in total. The van der Waals surface area contributed by atoms with Crippen molar-refractivity contribution < 1.29 is 14.4 Å². The lowest BCUT2D eigenvalue weighted by molar-refractivity contribution is -0.148. The predicted molar refractivity (Wildman–Crippen MR) is 139 cm³/mol. The minimum absolute atomic E-state index is 0.0114. The molecule has 192 valence electrons. The zero-order valence-corrected chi connectivity index (χ0v) is 21.7. The number of benzene rings is 1. The fraction of sp³-hybridized carbons (Fsp3) is 0.621. The van der Waals surface area contributed by atoms with Crippen LogP contribution in [0.2, 0.25) is 0 Å². The van der Waals surface area contributed by atoms with Crippen LogP contribution in [-0.4, -0.2) is 46.1 Å². The molecule has 1 N–H and O–H groups in total. The molecule has 0 unspecified atom stereocenters. The van der Waals surface area contributed by atoms with E-state index in [-0.39, 0.29) is 29.6 Å². The van der Waals surface area contributed by atoms with Crippen molar-refractivity contribution >= 4 is 17.7 Å². The smallest absolute Gasteiger partial charge is 0.250 e. The first-order chi connectivity index (χ1) is 16.9. The van der Waals surface area contributed by atoms with Gasteiger partial charge in [-0.1, -0.05) is 76.3 Å². The topological polar surface area (TPSA) is 69.7 Å². The molecule has 6 heteroatoms. The highest BCUT2D eigenvalue weighted by Gasteiger charge is 2.42. The summed E-state index contributed by atoms with van der Waals surface area (Å²) in [7, 11) is 0. The van der Waals surface area contributed by atoms with Gasteiger partial charge in [-0.05, 0) is 49.5 Å². The molecule has 1 fully saturated rings. The average Bonchev–Trinajstić information content (AvgIpc) is 2.87. The Morgan fingerprint density at radius 3 is 2.43 bits per heavy atom. The van der Waals surface area contributed by atoms with Crippen LogP contribution in [0, 0.1) is 11.8 Å². The molecular weight excluding hydrogens is 438 g/mol. The molecule has 1 saturated carbocycles. The number of carbonyl (C=O) groups is 3. The molecule has 1 heterocycles. The molecule has 2 aliphatic rings. The van der Waals surface area contributed by atoms with Crippen LogP contribution in [0.5, 0.6) is 0 Å². The third kappa shape index (κ3) is 7.42. The number of carbonyl (C=O) groups excluding carboxylic acids is 3. The van der Waals surface area contributed by atoms with Gasteiger partial charge in [-0.3, -0.25) is 14.4 Å². The molecule has 0 bridgehead atoms. The quantitative estimate of drug-likeness (QED) is 0.481. The number of unbranched alkanes of at least 4 members (excludes halogenated alkanes) is 1. The summed E-state index contributed by atoms with van der Waals surface area (Å²) < 4.78 is 0. The highest BCUT2D eigenvalue weighted by Crippen LogP contribution is 2.30. The van der Waals surface area contributed by atoms with E-state index in [9.17, 15) is 14.4 Å². The molecule has 0 radical (unpaired) electrons. The van der Waals surface area contributed by atoms with Crippen molar-refractivity contribution in [3.05, 3.63) is 48.3 Å². The van der Waals surface area contributed by atoms with Crippen LogP contribution in [0.15, 0.2) is 42.7 Å². The summed E-state index contributed by atoms with van der Waals surface area (Å²) in [6, 6.07) is 9.19. The Kier molecular flexibility index (Phi) is 10.4. The van der Waals surface area contributed by atoms with Crippen molar-refractivity contribution in [2.75, 3.05) is 6.54 Å². The maximum atomic E-state index is 13.9. The van der Waals surface area contributed by atoms with Gasteiger partial charge in [-0.15, -0.1) is 0 Å². The lowest BCUT2D eigenvalue weighted by atomic mass is 9.82. The van der Waals surface area contributed by atoms with E-state index in [2.05, 4.69) is 31.3 Å². The van der Waals surface area contributed by atoms with Crippen LogP contribution in [0.25, 0.3) is 0 Å². The van der Waals surface area contributed by atoms with Crippen molar-refractivity contribution in [2.24, 2.45) is 11.8 Å². The molecule has 0 aromatic heterocycles. The van der Waals surface area contributed by atoms with Gasteiger partial charge in [0.05, 0.1) is 0 Å². The third-order valence-corrected chi connectivity index (χ3v) is 7.50. The second-order valence-corrected chi connectivity index (χ2v) is 10.3. The molecule has 0 saturated heterocycles. The fourth-order valence-corrected chi connectivity index (χ4v) is 5.53. The van der Waals surface area contributed by atoms with Crippen LogP contribution in [0.4, 0.5) is 0 Å². The first-order valence-electron chi connectivity index (χ1n) is 13.5. The molecule has 1 aliphatic carbocycles. The Balaban J connectivity index is 1.78. The monoisotopic (exact) mass is 481 g/mol. The Morgan fingerprint density at radius 1 is 1.06 bits per heavy atom. The van der Waals surface area contributed by atoms with Crippen molar-refractivity contribution in [1.29, 1.82) is 0 Å². The molecule has 3 rings (SSSR count).